The van der Waals surface area contributed by atoms with Gasteiger partial charge in [-0.05, 0) is 34.5 Å². The van der Waals surface area contributed by atoms with E-state index in [0.717, 1.165) is 5.56 Å². The molecule has 0 saturated heterocycles. The van der Waals surface area contributed by atoms with Crippen molar-refractivity contribution in [2.75, 3.05) is 6.54 Å². The van der Waals surface area contributed by atoms with E-state index in [-0.39, 0.29) is 12.5 Å². The number of aliphatic hydroxyl groups excluding tert-OH is 1. The summed E-state index contributed by atoms with van der Waals surface area (Å²) in [5, 5.41) is 16.2. The van der Waals surface area contributed by atoms with Crippen LogP contribution < -0.4 is 5.32 Å². The number of aliphatic hydroxyl groups is 1. The predicted octanol–water partition coefficient (Wildman–Crippen LogP) is 1.61. The van der Waals surface area contributed by atoms with Gasteiger partial charge in [-0.15, -0.1) is 0 Å². The van der Waals surface area contributed by atoms with Gasteiger partial charge in [0.15, 0.2) is 0 Å². The highest BCUT2D eigenvalue weighted by molar-refractivity contribution is 7.07. The highest BCUT2D eigenvalue weighted by atomic mass is 32.1. The second-order valence-electron chi connectivity index (χ2n) is 3.52. The second kappa shape index (κ2) is 5.56. The zero-order valence-corrected chi connectivity index (χ0v) is 9.85. The molecule has 1 atom stereocenters. The molecule has 0 saturated carbocycles. The first-order chi connectivity index (χ1) is 8.27. The first-order valence-corrected chi connectivity index (χ1v) is 6.10. The molecule has 0 bridgehead atoms. The first-order valence-electron chi connectivity index (χ1n) is 5.16. The van der Waals surface area contributed by atoms with Crippen LogP contribution in [0.15, 0.2) is 41.4 Å². The van der Waals surface area contributed by atoms with Gasteiger partial charge in [0.05, 0.1) is 11.7 Å². The molecule has 0 aliphatic rings. The molecule has 2 heterocycles. The molecule has 1 amide bonds. The monoisotopic (exact) mass is 248 g/mol. The van der Waals surface area contributed by atoms with E-state index >= 15 is 0 Å². The third kappa shape index (κ3) is 3.12. The number of hydrogen-bond acceptors (Lipinski definition) is 4. The van der Waals surface area contributed by atoms with Crippen LogP contribution in [0.2, 0.25) is 0 Å². The number of rotatable bonds is 4. The Labute approximate surface area is 103 Å². The van der Waals surface area contributed by atoms with Crippen molar-refractivity contribution in [3.05, 3.63) is 52.5 Å². The standard InChI is InChI=1S/C12H12N2O2S/c15-11(10-3-5-17-8-10)7-14-12(16)9-2-1-4-13-6-9/h1-6,8,11,15H,7H2,(H,14,16)/t11-/m1/s1. The summed E-state index contributed by atoms with van der Waals surface area (Å²) in [7, 11) is 0. The van der Waals surface area contributed by atoms with Gasteiger partial charge in [-0.25, -0.2) is 0 Å². The van der Waals surface area contributed by atoms with Crippen LogP contribution in [0.4, 0.5) is 0 Å². The van der Waals surface area contributed by atoms with Gasteiger partial charge in [-0.1, -0.05) is 0 Å². The number of carbonyl (C=O) groups excluding carboxylic acids is 1. The van der Waals surface area contributed by atoms with Crippen LogP contribution in [0, 0.1) is 0 Å². The molecule has 2 N–H and O–H groups in total. The largest absolute Gasteiger partial charge is 0.387 e. The maximum absolute atomic E-state index is 11.7. The van der Waals surface area contributed by atoms with E-state index in [0.29, 0.717) is 5.56 Å². The number of pyridine rings is 1. The Morgan fingerprint density at radius 3 is 3.06 bits per heavy atom. The molecular weight excluding hydrogens is 236 g/mol. The molecule has 0 spiro atoms. The van der Waals surface area contributed by atoms with Crippen molar-refractivity contribution in [1.82, 2.24) is 10.3 Å². The minimum absolute atomic E-state index is 0.199. The van der Waals surface area contributed by atoms with E-state index in [1.165, 1.54) is 17.5 Å². The lowest BCUT2D eigenvalue weighted by Crippen LogP contribution is -2.28. The summed E-state index contributed by atoms with van der Waals surface area (Å²) in [6, 6.07) is 5.22. The summed E-state index contributed by atoms with van der Waals surface area (Å²) in [5.41, 5.74) is 1.31. The SMILES string of the molecule is O=C(NC[C@@H](O)c1ccsc1)c1cccnc1. The van der Waals surface area contributed by atoms with Gasteiger partial charge in [-0.3, -0.25) is 9.78 Å². The third-order valence-corrected chi connectivity index (χ3v) is 3.01. The van der Waals surface area contributed by atoms with Crippen molar-refractivity contribution >= 4 is 17.2 Å². The summed E-state index contributed by atoms with van der Waals surface area (Å²) in [5.74, 6) is -0.229. The van der Waals surface area contributed by atoms with Crippen molar-refractivity contribution in [3.8, 4) is 0 Å². The fourth-order valence-corrected chi connectivity index (χ4v) is 2.08. The van der Waals surface area contributed by atoms with Gasteiger partial charge >= 0.3 is 0 Å². The van der Waals surface area contributed by atoms with Crippen LogP contribution in [-0.4, -0.2) is 22.5 Å². The molecule has 0 fully saturated rings. The van der Waals surface area contributed by atoms with Gasteiger partial charge in [0.1, 0.15) is 0 Å². The van der Waals surface area contributed by atoms with Crippen molar-refractivity contribution in [2.24, 2.45) is 0 Å². The van der Waals surface area contributed by atoms with Gasteiger partial charge in [0.2, 0.25) is 0 Å². The predicted molar refractivity (Wildman–Crippen MR) is 65.8 cm³/mol. The van der Waals surface area contributed by atoms with Crippen LogP contribution in [0.1, 0.15) is 22.0 Å². The highest BCUT2D eigenvalue weighted by Crippen LogP contribution is 2.15. The maximum Gasteiger partial charge on any atom is 0.252 e. The second-order valence-corrected chi connectivity index (χ2v) is 4.30. The van der Waals surface area contributed by atoms with E-state index in [2.05, 4.69) is 10.3 Å². The molecule has 2 aromatic heterocycles. The summed E-state index contributed by atoms with van der Waals surface area (Å²) >= 11 is 1.52. The average Bonchev–Trinajstić information content (AvgIpc) is 2.90. The van der Waals surface area contributed by atoms with E-state index in [9.17, 15) is 9.90 Å². The zero-order chi connectivity index (χ0) is 12.1. The smallest absolute Gasteiger partial charge is 0.252 e. The first kappa shape index (κ1) is 11.8. The van der Waals surface area contributed by atoms with Crippen LogP contribution in [-0.2, 0) is 0 Å². The number of nitrogens with one attached hydrogen (secondary N) is 1. The number of hydrogen-bond donors (Lipinski definition) is 2. The third-order valence-electron chi connectivity index (χ3n) is 2.31. The molecule has 2 rings (SSSR count). The Hall–Kier alpha value is -1.72. The molecule has 0 aromatic carbocycles. The minimum atomic E-state index is -0.665. The van der Waals surface area contributed by atoms with Crippen molar-refractivity contribution < 1.29 is 9.90 Å². The number of thiophene rings is 1. The molecule has 88 valence electrons. The fraction of sp³-hybridized carbons (Fsp3) is 0.167. The Kier molecular flexibility index (Phi) is 3.85. The van der Waals surface area contributed by atoms with E-state index < -0.39 is 6.10 Å². The molecule has 5 heteroatoms. The molecule has 0 radical (unpaired) electrons. The van der Waals surface area contributed by atoms with E-state index in [1.807, 2.05) is 16.8 Å². The molecular formula is C12H12N2O2S. The Bertz CT molecular complexity index is 471. The summed E-state index contributed by atoms with van der Waals surface area (Å²) in [6.45, 7) is 0.199. The average molecular weight is 248 g/mol. The Balaban J connectivity index is 1.89. The van der Waals surface area contributed by atoms with Crippen molar-refractivity contribution in [2.45, 2.75) is 6.10 Å². The Morgan fingerprint density at radius 1 is 1.53 bits per heavy atom. The molecule has 2 aromatic rings. The minimum Gasteiger partial charge on any atom is -0.387 e. The highest BCUT2D eigenvalue weighted by Gasteiger charge is 2.10. The zero-order valence-electron chi connectivity index (χ0n) is 9.04. The van der Waals surface area contributed by atoms with Crippen LogP contribution in [0.3, 0.4) is 0 Å². The quantitative estimate of drug-likeness (QED) is 0.864. The lowest BCUT2D eigenvalue weighted by Gasteiger charge is -2.10. The van der Waals surface area contributed by atoms with Crippen LogP contribution >= 0.6 is 11.3 Å². The van der Waals surface area contributed by atoms with Gasteiger partial charge < -0.3 is 10.4 Å². The number of nitrogens with zero attached hydrogens (tertiary/aromatic N) is 1. The molecule has 17 heavy (non-hydrogen) atoms. The van der Waals surface area contributed by atoms with Gasteiger partial charge in [-0.2, -0.15) is 11.3 Å². The van der Waals surface area contributed by atoms with Crippen LogP contribution in [0.25, 0.3) is 0 Å². The van der Waals surface area contributed by atoms with Gasteiger partial charge in [0, 0.05) is 18.9 Å². The summed E-state index contributed by atoms with van der Waals surface area (Å²) < 4.78 is 0. The molecule has 0 aliphatic heterocycles. The number of aromatic nitrogens is 1. The Morgan fingerprint density at radius 2 is 2.41 bits per heavy atom. The number of carbonyl (C=O) groups is 1. The number of amides is 1. The molecule has 0 unspecified atom stereocenters. The van der Waals surface area contributed by atoms with Crippen LogP contribution in [0.5, 0.6) is 0 Å². The summed E-state index contributed by atoms with van der Waals surface area (Å²) in [6.07, 6.45) is 2.44. The lowest BCUT2D eigenvalue weighted by molar-refractivity contribution is 0.0916. The summed E-state index contributed by atoms with van der Waals surface area (Å²) in [4.78, 5) is 15.5. The van der Waals surface area contributed by atoms with E-state index in [4.69, 9.17) is 0 Å². The maximum atomic E-state index is 11.7. The molecule has 0 aliphatic carbocycles. The van der Waals surface area contributed by atoms with E-state index in [1.54, 1.807) is 18.3 Å². The lowest BCUT2D eigenvalue weighted by atomic mass is 10.2. The van der Waals surface area contributed by atoms with Crippen molar-refractivity contribution in [3.63, 3.8) is 0 Å². The van der Waals surface area contributed by atoms with Crippen molar-refractivity contribution in [1.29, 1.82) is 0 Å². The molecule has 4 nitrogen and oxygen atoms in total. The van der Waals surface area contributed by atoms with Gasteiger partial charge in [0.25, 0.3) is 5.91 Å². The topological polar surface area (TPSA) is 62.2 Å². The fourth-order valence-electron chi connectivity index (χ4n) is 1.37. The normalized spacial score (nSPS) is 12.1.